The molecule has 0 aliphatic heterocycles. The van der Waals surface area contributed by atoms with E-state index < -0.39 is 11.7 Å². The van der Waals surface area contributed by atoms with Gasteiger partial charge in [-0.05, 0) is 46.0 Å². The summed E-state index contributed by atoms with van der Waals surface area (Å²) in [6.45, 7) is 7.19. The third kappa shape index (κ3) is 6.22. The molecule has 0 saturated carbocycles. The van der Waals surface area contributed by atoms with E-state index in [1.54, 1.807) is 33.8 Å². The minimum atomic E-state index is -0.560. The maximum atomic E-state index is 11.8. The van der Waals surface area contributed by atoms with E-state index in [2.05, 4.69) is 15.8 Å². The number of benzene rings is 1. The van der Waals surface area contributed by atoms with E-state index >= 15 is 0 Å². The largest absolute Gasteiger partial charge is 0.444 e. The van der Waals surface area contributed by atoms with Crippen molar-refractivity contribution >= 4 is 34.8 Å². The lowest BCUT2D eigenvalue weighted by molar-refractivity contribution is 0.0636. The van der Waals surface area contributed by atoms with Crippen molar-refractivity contribution in [2.24, 2.45) is 10.8 Å². The predicted octanol–water partition coefficient (Wildman–Crippen LogP) is 2.59. The predicted molar refractivity (Wildman–Crippen MR) is 88.4 cm³/mol. The Bertz CT molecular complexity index is 564. The quantitative estimate of drug-likeness (QED) is 0.454. The van der Waals surface area contributed by atoms with Crippen LogP contribution in [0.5, 0.6) is 0 Å². The molecule has 0 aliphatic carbocycles. The number of carbonyl (C=O) groups excluding carboxylic acids is 1. The van der Waals surface area contributed by atoms with E-state index in [1.807, 2.05) is 18.2 Å². The number of carbonyl (C=O) groups is 1. The SMILES string of the molecule is CC(=NNC(N)=S)c1ccccc1NC(=O)OC(C)(C)C. The van der Waals surface area contributed by atoms with Gasteiger partial charge >= 0.3 is 6.09 Å². The molecule has 0 saturated heterocycles. The molecule has 0 bridgehead atoms. The molecule has 6 nitrogen and oxygen atoms in total. The normalized spacial score (nSPS) is 11.7. The van der Waals surface area contributed by atoms with Crippen LogP contribution < -0.4 is 16.5 Å². The second-order valence-corrected chi connectivity index (χ2v) is 5.79. The van der Waals surface area contributed by atoms with Crippen molar-refractivity contribution < 1.29 is 9.53 Å². The van der Waals surface area contributed by atoms with Crippen LogP contribution in [0, 0.1) is 0 Å². The smallest absolute Gasteiger partial charge is 0.412 e. The van der Waals surface area contributed by atoms with E-state index in [0.29, 0.717) is 11.4 Å². The summed E-state index contributed by atoms with van der Waals surface area (Å²) < 4.78 is 5.23. The van der Waals surface area contributed by atoms with Gasteiger partial charge in [-0.1, -0.05) is 18.2 Å². The molecule has 21 heavy (non-hydrogen) atoms. The molecule has 0 unspecified atom stereocenters. The minimum absolute atomic E-state index is 0.0759. The first-order valence-electron chi connectivity index (χ1n) is 6.38. The number of hydrogen-bond acceptors (Lipinski definition) is 4. The van der Waals surface area contributed by atoms with Gasteiger partial charge in [-0.2, -0.15) is 5.10 Å². The van der Waals surface area contributed by atoms with Gasteiger partial charge in [-0.25, -0.2) is 4.79 Å². The highest BCUT2D eigenvalue weighted by Gasteiger charge is 2.17. The molecule has 1 amide bonds. The van der Waals surface area contributed by atoms with E-state index in [-0.39, 0.29) is 5.11 Å². The number of amides is 1. The van der Waals surface area contributed by atoms with E-state index in [1.165, 1.54) is 0 Å². The van der Waals surface area contributed by atoms with Gasteiger partial charge in [0, 0.05) is 5.56 Å². The molecule has 114 valence electrons. The topological polar surface area (TPSA) is 88.7 Å². The number of thiocarbonyl (C=S) groups is 1. The first kappa shape index (κ1) is 16.9. The summed E-state index contributed by atoms with van der Waals surface area (Å²) in [7, 11) is 0. The van der Waals surface area contributed by atoms with Crippen molar-refractivity contribution in [1.29, 1.82) is 0 Å². The molecule has 0 spiro atoms. The average Bonchev–Trinajstić information content (AvgIpc) is 2.34. The van der Waals surface area contributed by atoms with Gasteiger partial charge in [-0.15, -0.1) is 0 Å². The summed E-state index contributed by atoms with van der Waals surface area (Å²) in [6.07, 6.45) is -0.523. The lowest BCUT2D eigenvalue weighted by Crippen LogP contribution is -2.28. The van der Waals surface area contributed by atoms with Crippen molar-refractivity contribution in [3.63, 3.8) is 0 Å². The number of nitrogens with two attached hydrogens (primary N) is 1. The molecule has 0 aromatic heterocycles. The lowest BCUT2D eigenvalue weighted by atomic mass is 10.1. The van der Waals surface area contributed by atoms with Gasteiger partial charge in [0.15, 0.2) is 5.11 Å². The summed E-state index contributed by atoms with van der Waals surface area (Å²) in [5.41, 5.74) is 9.26. The van der Waals surface area contributed by atoms with Crippen molar-refractivity contribution in [2.75, 3.05) is 5.32 Å². The molecule has 0 radical (unpaired) electrons. The number of hydrazone groups is 1. The average molecular weight is 308 g/mol. The molecule has 0 atom stereocenters. The summed E-state index contributed by atoms with van der Waals surface area (Å²) in [4.78, 5) is 11.8. The summed E-state index contributed by atoms with van der Waals surface area (Å²) in [5, 5.41) is 6.82. The van der Waals surface area contributed by atoms with E-state index in [9.17, 15) is 4.79 Å². The molecule has 0 fully saturated rings. The van der Waals surface area contributed by atoms with Crippen LogP contribution in [0.3, 0.4) is 0 Å². The van der Waals surface area contributed by atoms with Crippen molar-refractivity contribution in [2.45, 2.75) is 33.3 Å². The number of hydrogen-bond donors (Lipinski definition) is 3. The molecule has 4 N–H and O–H groups in total. The van der Waals surface area contributed by atoms with Gasteiger partial charge in [0.2, 0.25) is 0 Å². The molecule has 1 rings (SSSR count). The van der Waals surface area contributed by atoms with Gasteiger partial charge in [0.1, 0.15) is 5.60 Å². The summed E-state index contributed by atoms with van der Waals surface area (Å²) >= 11 is 4.70. The van der Waals surface area contributed by atoms with Crippen LogP contribution in [0.4, 0.5) is 10.5 Å². The maximum absolute atomic E-state index is 11.8. The Labute approximate surface area is 129 Å². The van der Waals surface area contributed by atoms with Gasteiger partial charge in [-0.3, -0.25) is 10.7 Å². The molecule has 0 aliphatic rings. The fraction of sp³-hybridized carbons (Fsp3) is 0.357. The highest BCUT2D eigenvalue weighted by Crippen LogP contribution is 2.17. The summed E-state index contributed by atoms with van der Waals surface area (Å²) in [6, 6.07) is 7.24. The highest BCUT2D eigenvalue weighted by molar-refractivity contribution is 7.80. The molecule has 1 aromatic carbocycles. The molecule has 1 aromatic rings. The fourth-order valence-corrected chi connectivity index (χ4v) is 1.57. The molecule has 7 heteroatoms. The number of para-hydroxylation sites is 1. The standard InChI is InChI=1S/C14H20N4O2S/c1-9(17-18-12(15)21)10-7-5-6-8-11(10)16-13(19)20-14(2,3)4/h5-8H,1-4H3,(H,16,19)(H3,15,18,21). The van der Waals surface area contributed by atoms with Crippen LogP contribution in [0.25, 0.3) is 0 Å². The third-order valence-corrected chi connectivity index (χ3v) is 2.38. The third-order valence-electron chi connectivity index (χ3n) is 2.29. The van der Waals surface area contributed by atoms with Crippen LogP contribution in [0.2, 0.25) is 0 Å². The van der Waals surface area contributed by atoms with Gasteiger partial charge in [0.25, 0.3) is 0 Å². The van der Waals surface area contributed by atoms with Crippen LogP contribution in [-0.4, -0.2) is 22.5 Å². The number of anilines is 1. The first-order valence-corrected chi connectivity index (χ1v) is 6.79. The number of nitrogens with one attached hydrogen (secondary N) is 2. The summed E-state index contributed by atoms with van der Waals surface area (Å²) in [5.74, 6) is 0. The van der Waals surface area contributed by atoms with Gasteiger partial charge < -0.3 is 10.5 Å². The first-order chi connectivity index (χ1) is 9.69. The van der Waals surface area contributed by atoms with E-state index in [0.717, 1.165) is 5.56 Å². The molecular formula is C14H20N4O2S. The van der Waals surface area contributed by atoms with Crippen LogP contribution in [0.1, 0.15) is 33.3 Å². The zero-order valence-electron chi connectivity index (χ0n) is 12.6. The molecule has 0 heterocycles. The Morgan fingerprint density at radius 3 is 2.52 bits per heavy atom. The maximum Gasteiger partial charge on any atom is 0.412 e. The van der Waals surface area contributed by atoms with Crippen molar-refractivity contribution in [3.8, 4) is 0 Å². The zero-order valence-corrected chi connectivity index (χ0v) is 13.4. The Morgan fingerprint density at radius 1 is 1.33 bits per heavy atom. The number of ether oxygens (including phenoxy) is 1. The van der Waals surface area contributed by atoms with E-state index in [4.69, 9.17) is 22.7 Å². The van der Waals surface area contributed by atoms with Gasteiger partial charge in [0.05, 0.1) is 11.4 Å². The monoisotopic (exact) mass is 308 g/mol. The van der Waals surface area contributed by atoms with Crippen molar-refractivity contribution in [3.05, 3.63) is 29.8 Å². The second kappa shape index (κ2) is 7.03. The lowest BCUT2D eigenvalue weighted by Gasteiger charge is -2.20. The fourth-order valence-electron chi connectivity index (χ4n) is 1.52. The number of nitrogens with zero attached hydrogens (tertiary/aromatic N) is 1. The Balaban J connectivity index is 2.92. The Hall–Kier alpha value is -2.15. The zero-order chi connectivity index (χ0) is 16.0. The minimum Gasteiger partial charge on any atom is -0.444 e. The van der Waals surface area contributed by atoms with Crippen LogP contribution in [0.15, 0.2) is 29.4 Å². The highest BCUT2D eigenvalue weighted by atomic mass is 32.1. The van der Waals surface area contributed by atoms with Crippen LogP contribution in [-0.2, 0) is 4.74 Å². The Kier molecular flexibility index (Phi) is 5.66. The number of rotatable bonds is 3. The van der Waals surface area contributed by atoms with Crippen molar-refractivity contribution in [1.82, 2.24) is 5.43 Å². The second-order valence-electron chi connectivity index (χ2n) is 5.35. The molecular weight excluding hydrogens is 288 g/mol. The Morgan fingerprint density at radius 2 is 1.95 bits per heavy atom. The van der Waals surface area contributed by atoms with Crippen LogP contribution >= 0.6 is 12.2 Å².